The quantitative estimate of drug-likeness (QED) is 0.0859. The van der Waals surface area contributed by atoms with Crippen LogP contribution >= 0.6 is 7.82 Å². The molecular formula is C24H51NO4P+. The zero-order valence-corrected chi connectivity index (χ0v) is 21.3. The van der Waals surface area contributed by atoms with Crippen molar-refractivity contribution in [3.8, 4) is 0 Å². The van der Waals surface area contributed by atoms with E-state index in [4.69, 9.17) is 14.3 Å². The second-order valence-corrected chi connectivity index (χ2v) is 11.0. The van der Waals surface area contributed by atoms with E-state index in [9.17, 15) is 4.57 Å². The Morgan fingerprint density at radius 2 is 1.20 bits per heavy atom. The molecule has 0 radical (unpaired) electrons. The van der Waals surface area contributed by atoms with Crippen molar-refractivity contribution in [1.29, 1.82) is 0 Å². The van der Waals surface area contributed by atoms with Gasteiger partial charge in [-0.05, 0) is 32.1 Å². The van der Waals surface area contributed by atoms with E-state index in [1.54, 1.807) is 0 Å². The highest BCUT2D eigenvalue weighted by molar-refractivity contribution is 7.46. The molecule has 0 spiro atoms. The summed E-state index contributed by atoms with van der Waals surface area (Å²) in [5.74, 6) is 0. The molecule has 6 heteroatoms. The summed E-state index contributed by atoms with van der Waals surface area (Å²) in [5, 5.41) is 0. The fourth-order valence-corrected chi connectivity index (χ4v) is 4.34. The van der Waals surface area contributed by atoms with Crippen molar-refractivity contribution in [2.75, 3.05) is 27.7 Å². The Labute approximate surface area is 187 Å². The van der Waals surface area contributed by atoms with E-state index in [2.05, 4.69) is 19.1 Å². The maximum absolute atomic E-state index is 11.2. The van der Waals surface area contributed by atoms with Gasteiger partial charge in [0, 0.05) is 0 Å². The maximum Gasteiger partial charge on any atom is 0.470 e. The van der Waals surface area contributed by atoms with Crippen LogP contribution < -0.4 is 0 Å². The molecule has 0 rings (SSSR count). The zero-order valence-electron chi connectivity index (χ0n) is 20.4. The molecule has 30 heavy (non-hydrogen) atoms. The summed E-state index contributed by atoms with van der Waals surface area (Å²) in [7, 11) is 1.63. The lowest BCUT2D eigenvalue weighted by atomic mass is 10.0. The molecule has 2 N–H and O–H groups in total. The SMILES string of the molecule is CCCCCCCC/C=C\CCCCCCCCCC(C[N+](C)(C)C)OP(=O)(O)O. The number of likely N-dealkylation sites (N-methyl/N-ethyl adjacent to an activating group) is 1. The molecule has 0 aliphatic heterocycles. The maximum atomic E-state index is 11.2. The van der Waals surface area contributed by atoms with Gasteiger partial charge in [0.15, 0.2) is 0 Å². The molecule has 0 aromatic carbocycles. The van der Waals surface area contributed by atoms with Crippen molar-refractivity contribution >= 4 is 7.82 Å². The van der Waals surface area contributed by atoms with Gasteiger partial charge in [-0.15, -0.1) is 0 Å². The number of unbranched alkanes of at least 4 members (excludes halogenated alkanes) is 13. The van der Waals surface area contributed by atoms with E-state index in [0.717, 1.165) is 12.8 Å². The molecule has 0 saturated heterocycles. The molecule has 0 amide bonds. The van der Waals surface area contributed by atoms with Crippen LogP contribution in [0.4, 0.5) is 0 Å². The highest BCUT2D eigenvalue weighted by atomic mass is 31.2. The van der Waals surface area contributed by atoms with Crippen LogP contribution in [0.15, 0.2) is 12.2 Å². The second kappa shape index (κ2) is 18.4. The third-order valence-corrected chi connectivity index (χ3v) is 5.90. The number of hydrogen-bond donors (Lipinski definition) is 2. The topological polar surface area (TPSA) is 66.8 Å². The summed E-state index contributed by atoms with van der Waals surface area (Å²) in [4.78, 5) is 18.2. The molecule has 0 aromatic heterocycles. The van der Waals surface area contributed by atoms with E-state index in [0.29, 0.717) is 17.4 Å². The van der Waals surface area contributed by atoms with Crippen LogP contribution in [-0.2, 0) is 9.09 Å². The van der Waals surface area contributed by atoms with Gasteiger partial charge < -0.3 is 14.3 Å². The Morgan fingerprint density at radius 1 is 0.767 bits per heavy atom. The van der Waals surface area contributed by atoms with Crippen LogP contribution in [0.5, 0.6) is 0 Å². The van der Waals surface area contributed by atoms with Gasteiger partial charge in [-0.2, -0.15) is 0 Å². The second-order valence-electron chi connectivity index (χ2n) is 9.77. The highest BCUT2D eigenvalue weighted by Gasteiger charge is 2.26. The Morgan fingerprint density at radius 3 is 1.63 bits per heavy atom. The molecule has 5 nitrogen and oxygen atoms in total. The number of phosphoric acid groups is 1. The number of phosphoric ester groups is 1. The minimum absolute atomic E-state index is 0.381. The first-order valence-electron chi connectivity index (χ1n) is 12.3. The van der Waals surface area contributed by atoms with Crippen LogP contribution in [-0.4, -0.2) is 48.1 Å². The van der Waals surface area contributed by atoms with E-state index >= 15 is 0 Å². The minimum Gasteiger partial charge on any atom is -0.329 e. The van der Waals surface area contributed by atoms with Crippen molar-refractivity contribution in [3.05, 3.63) is 12.2 Å². The van der Waals surface area contributed by atoms with Crippen LogP contribution in [0.25, 0.3) is 0 Å². The molecule has 180 valence electrons. The average molecular weight is 449 g/mol. The molecule has 0 bridgehead atoms. The summed E-state index contributed by atoms with van der Waals surface area (Å²) < 4.78 is 16.8. The van der Waals surface area contributed by atoms with E-state index < -0.39 is 7.82 Å². The van der Waals surface area contributed by atoms with Crippen molar-refractivity contribution < 1.29 is 23.4 Å². The smallest absolute Gasteiger partial charge is 0.329 e. The van der Waals surface area contributed by atoms with Gasteiger partial charge in [-0.3, -0.25) is 4.52 Å². The summed E-state index contributed by atoms with van der Waals surface area (Å²) in [6.07, 6.45) is 24.1. The van der Waals surface area contributed by atoms with Crippen LogP contribution in [0.1, 0.15) is 110 Å². The van der Waals surface area contributed by atoms with Crippen molar-refractivity contribution in [1.82, 2.24) is 0 Å². The van der Waals surface area contributed by atoms with Gasteiger partial charge >= 0.3 is 7.82 Å². The molecule has 1 unspecified atom stereocenters. The van der Waals surface area contributed by atoms with Crippen LogP contribution in [0.3, 0.4) is 0 Å². The fourth-order valence-electron chi connectivity index (χ4n) is 3.78. The summed E-state index contributed by atoms with van der Waals surface area (Å²) >= 11 is 0. The van der Waals surface area contributed by atoms with Crippen molar-refractivity contribution in [2.45, 2.75) is 116 Å². The summed E-state index contributed by atoms with van der Waals surface area (Å²) in [6, 6.07) is 0. The number of allylic oxidation sites excluding steroid dienone is 2. The number of quaternary nitrogens is 1. The highest BCUT2D eigenvalue weighted by Crippen LogP contribution is 2.39. The first-order valence-corrected chi connectivity index (χ1v) is 13.9. The van der Waals surface area contributed by atoms with E-state index in [-0.39, 0.29) is 6.10 Å². The normalized spacial score (nSPS) is 13.9. The van der Waals surface area contributed by atoms with Crippen molar-refractivity contribution in [3.63, 3.8) is 0 Å². The van der Waals surface area contributed by atoms with Gasteiger partial charge in [0.1, 0.15) is 12.6 Å². The Balaban J connectivity index is 3.57. The monoisotopic (exact) mass is 448 g/mol. The number of nitrogens with zero attached hydrogens (tertiary/aromatic N) is 1. The van der Waals surface area contributed by atoms with E-state index in [1.165, 1.54) is 83.5 Å². The predicted molar refractivity (Wildman–Crippen MR) is 129 cm³/mol. The van der Waals surface area contributed by atoms with Crippen LogP contribution in [0, 0.1) is 0 Å². The minimum atomic E-state index is -4.42. The molecule has 1 atom stereocenters. The molecule has 0 saturated carbocycles. The first-order chi connectivity index (χ1) is 14.1. The molecule has 0 fully saturated rings. The predicted octanol–water partition coefficient (Wildman–Crippen LogP) is 6.99. The van der Waals surface area contributed by atoms with Crippen molar-refractivity contribution in [2.24, 2.45) is 0 Å². The van der Waals surface area contributed by atoms with Gasteiger partial charge in [-0.1, -0.05) is 89.7 Å². The summed E-state index contributed by atoms with van der Waals surface area (Å²) in [5.41, 5.74) is 0. The fraction of sp³-hybridized carbons (Fsp3) is 0.917. The lowest BCUT2D eigenvalue weighted by Gasteiger charge is -2.29. The lowest BCUT2D eigenvalue weighted by molar-refractivity contribution is -0.873. The Hall–Kier alpha value is -0.190. The first kappa shape index (κ1) is 29.8. The van der Waals surface area contributed by atoms with Gasteiger partial charge in [0.2, 0.25) is 0 Å². The van der Waals surface area contributed by atoms with E-state index in [1.807, 2.05) is 21.1 Å². The molecular weight excluding hydrogens is 397 g/mol. The van der Waals surface area contributed by atoms with Crippen LogP contribution in [0.2, 0.25) is 0 Å². The molecule has 0 aromatic rings. The number of rotatable bonds is 21. The average Bonchev–Trinajstić information content (AvgIpc) is 2.61. The lowest BCUT2D eigenvalue weighted by Crippen LogP contribution is -2.42. The van der Waals surface area contributed by atoms with Gasteiger partial charge in [-0.25, -0.2) is 4.57 Å². The zero-order chi connectivity index (χ0) is 22.7. The number of hydrogen-bond acceptors (Lipinski definition) is 2. The Bertz CT molecular complexity index is 457. The molecule has 0 aliphatic rings. The third kappa shape index (κ3) is 24.1. The van der Waals surface area contributed by atoms with Gasteiger partial charge in [0.05, 0.1) is 21.1 Å². The Kier molecular flexibility index (Phi) is 18.3. The standard InChI is InChI=1S/C24H50NO4P/c1-5-6-7-8-9-10-11-12-13-14-15-16-17-18-19-20-21-22-24(23-25(2,3)4)29-30(26,27)28/h12-13,24H,5-11,14-23H2,1-4H3,(H-,26,27,28)/p+1/b13-12-. The molecule has 0 aliphatic carbocycles. The van der Waals surface area contributed by atoms with Gasteiger partial charge in [0.25, 0.3) is 0 Å². The third-order valence-electron chi connectivity index (χ3n) is 5.33. The summed E-state index contributed by atoms with van der Waals surface area (Å²) in [6.45, 7) is 2.87. The largest absolute Gasteiger partial charge is 0.470 e. The molecule has 0 heterocycles.